The van der Waals surface area contributed by atoms with Crippen molar-refractivity contribution in [2.75, 3.05) is 13.1 Å². The molecular formula is C16H19N5O2S. The number of amides is 1. The number of aryl methyl sites for hydroxylation is 3. The molecule has 126 valence electrons. The van der Waals surface area contributed by atoms with E-state index in [0.717, 1.165) is 40.2 Å². The van der Waals surface area contributed by atoms with Crippen LogP contribution in [0, 0.1) is 13.8 Å². The van der Waals surface area contributed by atoms with E-state index in [1.807, 2.05) is 29.6 Å². The van der Waals surface area contributed by atoms with Crippen molar-refractivity contribution in [2.45, 2.75) is 32.6 Å². The van der Waals surface area contributed by atoms with E-state index >= 15 is 0 Å². The number of hydrogen-bond acceptors (Lipinski definition) is 6. The molecule has 1 saturated heterocycles. The van der Waals surface area contributed by atoms with Crippen LogP contribution in [0.25, 0.3) is 10.2 Å². The van der Waals surface area contributed by atoms with Gasteiger partial charge in [0.1, 0.15) is 4.83 Å². The predicted molar refractivity (Wildman–Crippen MR) is 90.2 cm³/mol. The molecule has 3 aromatic rings. The average Bonchev–Trinajstić information content (AvgIpc) is 3.25. The van der Waals surface area contributed by atoms with E-state index in [-0.39, 0.29) is 11.8 Å². The average molecular weight is 345 g/mol. The Morgan fingerprint density at radius 2 is 2.25 bits per heavy atom. The van der Waals surface area contributed by atoms with E-state index in [4.69, 9.17) is 4.52 Å². The van der Waals surface area contributed by atoms with Gasteiger partial charge < -0.3 is 9.42 Å². The molecule has 3 aromatic heterocycles. The highest BCUT2D eigenvalue weighted by Gasteiger charge is 2.29. The summed E-state index contributed by atoms with van der Waals surface area (Å²) in [5.41, 5.74) is 0.960. The van der Waals surface area contributed by atoms with E-state index in [0.29, 0.717) is 18.3 Å². The molecule has 8 heteroatoms. The summed E-state index contributed by atoms with van der Waals surface area (Å²) in [7, 11) is 1.91. The van der Waals surface area contributed by atoms with Crippen LogP contribution >= 0.6 is 11.3 Å². The van der Waals surface area contributed by atoms with Crippen molar-refractivity contribution < 1.29 is 9.32 Å². The summed E-state index contributed by atoms with van der Waals surface area (Å²) in [6.45, 7) is 5.18. The van der Waals surface area contributed by atoms with E-state index in [2.05, 4.69) is 15.2 Å². The van der Waals surface area contributed by atoms with Crippen molar-refractivity contribution in [2.24, 2.45) is 7.05 Å². The zero-order valence-electron chi connectivity index (χ0n) is 13.9. The van der Waals surface area contributed by atoms with Crippen LogP contribution in [-0.4, -0.2) is 43.8 Å². The number of fused-ring (bicyclic) bond motifs is 1. The van der Waals surface area contributed by atoms with Crippen molar-refractivity contribution in [1.29, 1.82) is 0 Å². The third-order valence-corrected chi connectivity index (χ3v) is 5.71. The molecule has 1 aliphatic heterocycles. The fourth-order valence-electron chi connectivity index (χ4n) is 3.32. The van der Waals surface area contributed by atoms with Crippen LogP contribution in [0.5, 0.6) is 0 Å². The molecule has 0 radical (unpaired) electrons. The van der Waals surface area contributed by atoms with Gasteiger partial charge in [0, 0.05) is 38.4 Å². The molecule has 0 N–H and O–H groups in total. The first kappa shape index (κ1) is 15.3. The first-order valence-corrected chi connectivity index (χ1v) is 8.87. The number of piperidine rings is 1. The van der Waals surface area contributed by atoms with Crippen molar-refractivity contribution in [3.63, 3.8) is 0 Å². The van der Waals surface area contributed by atoms with Gasteiger partial charge in [-0.05, 0) is 25.8 Å². The zero-order chi connectivity index (χ0) is 16.8. The van der Waals surface area contributed by atoms with Gasteiger partial charge >= 0.3 is 0 Å². The Kier molecular flexibility index (Phi) is 3.64. The van der Waals surface area contributed by atoms with E-state index in [1.54, 1.807) is 6.92 Å². The SMILES string of the molecule is Cc1nc([C@H]2CCCN(C(=O)c3cc4c(C)nn(C)c4s3)C2)no1. The maximum absolute atomic E-state index is 12.9. The van der Waals surface area contributed by atoms with Gasteiger partial charge in [-0.3, -0.25) is 9.48 Å². The highest BCUT2D eigenvalue weighted by molar-refractivity contribution is 7.20. The summed E-state index contributed by atoms with van der Waals surface area (Å²) in [5, 5.41) is 9.48. The predicted octanol–water partition coefficient (Wildman–Crippen LogP) is 2.65. The third kappa shape index (κ3) is 2.50. The van der Waals surface area contributed by atoms with Gasteiger partial charge in [-0.2, -0.15) is 10.1 Å². The molecule has 1 fully saturated rings. The summed E-state index contributed by atoms with van der Waals surface area (Å²) >= 11 is 1.51. The van der Waals surface area contributed by atoms with Crippen molar-refractivity contribution in [3.8, 4) is 0 Å². The summed E-state index contributed by atoms with van der Waals surface area (Å²) in [6.07, 6.45) is 1.94. The zero-order valence-corrected chi connectivity index (χ0v) is 14.8. The molecule has 24 heavy (non-hydrogen) atoms. The number of carbonyl (C=O) groups is 1. The molecule has 4 rings (SSSR count). The maximum Gasteiger partial charge on any atom is 0.264 e. The Bertz CT molecular complexity index is 874. The monoisotopic (exact) mass is 345 g/mol. The summed E-state index contributed by atoms with van der Waals surface area (Å²) < 4.78 is 6.92. The second-order valence-electron chi connectivity index (χ2n) is 6.30. The topological polar surface area (TPSA) is 77.1 Å². The molecule has 1 atom stereocenters. The molecule has 0 unspecified atom stereocenters. The highest BCUT2D eigenvalue weighted by atomic mass is 32.1. The lowest BCUT2D eigenvalue weighted by Gasteiger charge is -2.30. The second-order valence-corrected chi connectivity index (χ2v) is 7.33. The Balaban J connectivity index is 1.57. The fourth-order valence-corrected chi connectivity index (χ4v) is 4.41. The quantitative estimate of drug-likeness (QED) is 0.713. The summed E-state index contributed by atoms with van der Waals surface area (Å²) in [4.78, 5) is 21.0. The van der Waals surface area contributed by atoms with Crippen LogP contribution in [0.15, 0.2) is 10.6 Å². The summed E-state index contributed by atoms with van der Waals surface area (Å²) in [6, 6.07) is 1.97. The number of carbonyl (C=O) groups excluding carboxylic acids is 1. The van der Waals surface area contributed by atoms with Crippen LogP contribution < -0.4 is 0 Å². The highest BCUT2D eigenvalue weighted by Crippen LogP contribution is 2.31. The van der Waals surface area contributed by atoms with Crippen LogP contribution in [-0.2, 0) is 7.05 Å². The standard InChI is InChI=1S/C16H19N5O2S/c1-9-12-7-13(24-16(12)20(3)18-9)15(22)21-6-4-5-11(8-21)14-17-10(2)23-19-14/h7,11H,4-6,8H2,1-3H3/t11-/m0/s1. The first-order chi connectivity index (χ1) is 11.5. The van der Waals surface area contributed by atoms with Gasteiger partial charge in [-0.1, -0.05) is 5.16 Å². The van der Waals surface area contributed by atoms with Crippen LogP contribution in [0.1, 0.15) is 45.8 Å². The van der Waals surface area contributed by atoms with Crippen LogP contribution in [0.4, 0.5) is 0 Å². The van der Waals surface area contributed by atoms with Crippen molar-refractivity contribution in [3.05, 3.63) is 28.4 Å². The number of thiophene rings is 1. The smallest absolute Gasteiger partial charge is 0.264 e. The minimum Gasteiger partial charge on any atom is -0.340 e. The van der Waals surface area contributed by atoms with Gasteiger partial charge in [-0.15, -0.1) is 11.3 Å². The van der Waals surface area contributed by atoms with Gasteiger partial charge in [0.15, 0.2) is 5.82 Å². The first-order valence-electron chi connectivity index (χ1n) is 8.05. The molecule has 0 spiro atoms. The molecule has 1 aliphatic rings. The maximum atomic E-state index is 12.9. The molecular weight excluding hydrogens is 326 g/mol. The third-order valence-electron chi connectivity index (χ3n) is 4.52. The van der Waals surface area contributed by atoms with E-state index < -0.39 is 0 Å². The van der Waals surface area contributed by atoms with Gasteiger partial charge in [0.05, 0.1) is 10.6 Å². The molecule has 0 bridgehead atoms. The van der Waals surface area contributed by atoms with E-state index in [9.17, 15) is 4.79 Å². The Morgan fingerprint density at radius 1 is 1.42 bits per heavy atom. The molecule has 0 aromatic carbocycles. The Morgan fingerprint density at radius 3 is 2.96 bits per heavy atom. The number of nitrogens with zero attached hydrogens (tertiary/aromatic N) is 5. The molecule has 0 aliphatic carbocycles. The number of hydrogen-bond donors (Lipinski definition) is 0. The lowest BCUT2D eigenvalue weighted by Crippen LogP contribution is -2.39. The Labute approximate surface area is 143 Å². The van der Waals surface area contributed by atoms with Crippen LogP contribution in [0.3, 0.4) is 0 Å². The van der Waals surface area contributed by atoms with Crippen molar-refractivity contribution in [1.82, 2.24) is 24.8 Å². The number of likely N-dealkylation sites (tertiary alicyclic amines) is 1. The van der Waals surface area contributed by atoms with Crippen LogP contribution in [0.2, 0.25) is 0 Å². The lowest BCUT2D eigenvalue weighted by atomic mass is 9.97. The number of rotatable bonds is 2. The van der Waals surface area contributed by atoms with Gasteiger partial charge in [-0.25, -0.2) is 0 Å². The fraction of sp³-hybridized carbons (Fsp3) is 0.500. The largest absolute Gasteiger partial charge is 0.340 e. The normalized spacial score (nSPS) is 18.5. The van der Waals surface area contributed by atoms with Gasteiger partial charge in [0.2, 0.25) is 5.89 Å². The number of aromatic nitrogens is 4. The second kappa shape index (κ2) is 5.70. The molecule has 1 amide bonds. The molecule has 7 nitrogen and oxygen atoms in total. The minimum atomic E-state index is 0.0838. The van der Waals surface area contributed by atoms with Gasteiger partial charge in [0.25, 0.3) is 5.91 Å². The van der Waals surface area contributed by atoms with E-state index in [1.165, 1.54) is 11.3 Å². The molecule has 0 saturated carbocycles. The Hall–Kier alpha value is -2.22. The molecule has 4 heterocycles. The van der Waals surface area contributed by atoms with Crippen molar-refractivity contribution >= 4 is 27.5 Å². The summed E-state index contributed by atoms with van der Waals surface area (Å²) in [5.74, 6) is 1.51. The minimum absolute atomic E-state index is 0.0838. The lowest BCUT2D eigenvalue weighted by molar-refractivity contribution is 0.0708.